The number of aromatic nitrogens is 1. The van der Waals surface area contributed by atoms with E-state index in [1.165, 1.54) is 18.3 Å². The highest BCUT2D eigenvalue weighted by atomic mass is 16.6. The average molecular weight is 288 g/mol. The van der Waals surface area contributed by atoms with Crippen LogP contribution in [0.2, 0.25) is 0 Å². The Morgan fingerprint density at radius 3 is 2.81 bits per heavy atom. The zero-order valence-corrected chi connectivity index (χ0v) is 11.1. The predicted octanol–water partition coefficient (Wildman–Crippen LogP) is 2.63. The summed E-state index contributed by atoms with van der Waals surface area (Å²) in [6.07, 6.45) is 2.63. The van der Waals surface area contributed by atoms with Crippen LogP contribution in [0.15, 0.2) is 41.7 Å². The minimum Gasteiger partial charge on any atom is -0.457 e. The molecular formula is C13H12N4O4. The molecule has 0 radical (unpaired) electrons. The third-order valence-electron chi connectivity index (χ3n) is 2.61. The van der Waals surface area contributed by atoms with Crippen molar-refractivity contribution in [3.63, 3.8) is 0 Å². The lowest BCUT2D eigenvalue weighted by molar-refractivity contribution is -0.384. The lowest BCUT2D eigenvalue weighted by Crippen LogP contribution is -1.97. The molecule has 108 valence electrons. The Hall–Kier alpha value is -3.16. The maximum atomic E-state index is 11.0. The molecule has 1 aromatic carbocycles. The Bertz CT molecular complexity index is 688. The monoisotopic (exact) mass is 288 g/mol. The first-order chi connectivity index (χ1) is 10.1. The summed E-state index contributed by atoms with van der Waals surface area (Å²) >= 11 is 0. The molecular weight excluding hydrogens is 276 g/mol. The maximum Gasteiger partial charge on any atom is 0.296 e. The van der Waals surface area contributed by atoms with Crippen molar-refractivity contribution in [2.75, 3.05) is 12.4 Å². The Morgan fingerprint density at radius 1 is 1.38 bits per heavy atom. The second-order valence-electron chi connectivity index (χ2n) is 3.95. The van der Waals surface area contributed by atoms with Crippen molar-refractivity contribution >= 4 is 17.6 Å². The lowest BCUT2D eigenvalue weighted by Gasteiger charge is -2.08. The number of nitrogens with zero attached hydrogens (tertiary/aromatic N) is 3. The largest absolute Gasteiger partial charge is 0.457 e. The standard InChI is InChI=1S/C13H12N4O4/c1-14-12-3-2-10(7-13(12)17(19)20)21-11-4-5-15-9(6-11)8-16-18/h2-8,14,18H,1H3. The van der Waals surface area contributed by atoms with Crippen molar-refractivity contribution < 1.29 is 14.9 Å². The number of hydrogen-bond acceptors (Lipinski definition) is 7. The van der Waals surface area contributed by atoms with E-state index in [-0.39, 0.29) is 5.69 Å². The van der Waals surface area contributed by atoms with Gasteiger partial charge in [0.1, 0.15) is 17.2 Å². The van der Waals surface area contributed by atoms with Crippen molar-refractivity contribution in [3.05, 3.63) is 52.3 Å². The molecule has 0 saturated heterocycles. The second-order valence-corrected chi connectivity index (χ2v) is 3.95. The van der Waals surface area contributed by atoms with Gasteiger partial charge in [-0.25, -0.2) is 0 Å². The number of rotatable bonds is 5. The van der Waals surface area contributed by atoms with Gasteiger partial charge in [0.05, 0.1) is 22.9 Å². The van der Waals surface area contributed by atoms with Crippen LogP contribution in [0, 0.1) is 10.1 Å². The number of nitro benzene ring substituents is 1. The number of ether oxygens (including phenoxy) is 1. The highest BCUT2D eigenvalue weighted by molar-refractivity contribution is 5.76. The van der Waals surface area contributed by atoms with E-state index >= 15 is 0 Å². The number of nitro groups is 1. The molecule has 21 heavy (non-hydrogen) atoms. The van der Waals surface area contributed by atoms with Crippen LogP contribution in [-0.2, 0) is 0 Å². The van der Waals surface area contributed by atoms with Crippen LogP contribution in [0.25, 0.3) is 0 Å². The van der Waals surface area contributed by atoms with Crippen molar-refractivity contribution in [2.45, 2.75) is 0 Å². The topological polar surface area (TPSA) is 110 Å². The Balaban J connectivity index is 2.29. The van der Waals surface area contributed by atoms with Gasteiger partial charge in [0, 0.05) is 19.3 Å². The SMILES string of the molecule is CNc1ccc(Oc2ccnc(C=NO)c2)cc1[N+](=O)[O-]. The van der Waals surface area contributed by atoms with Gasteiger partial charge in [-0.2, -0.15) is 0 Å². The van der Waals surface area contributed by atoms with E-state index in [4.69, 9.17) is 9.94 Å². The molecule has 0 saturated carbocycles. The van der Waals surface area contributed by atoms with Crippen molar-refractivity contribution in [1.29, 1.82) is 0 Å². The first-order valence-corrected chi connectivity index (χ1v) is 5.91. The van der Waals surface area contributed by atoms with Crippen LogP contribution in [-0.4, -0.2) is 28.4 Å². The summed E-state index contributed by atoms with van der Waals surface area (Å²) < 4.78 is 5.54. The molecule has 0 atom stereocenters. The molecule has 2 rings (SSSR count). The summed E-state index contributed by atoms with van der Waals surface area (Å²) in [4.78, 5) is 14.4. The molecule has 2 aromatic rings. The van der Waals surface area contributed by atoms with E-state index < -0.39 is 4.92 Å². The number of benzene rings is 1. The molecule has 0 amide bonds. The number of pyridine rings is 1. The Kier molecular flexibility index (Phi) is 4.30. The minimum atomic E-state index is -0.491. The highest BCUT2D eigenvalue weighted by Crippen LogP contribution is 2.31. The molecule has 8 heteroatoms. The van der Waals surface area contributed by atoms with Gasteiger partial charge < -0.3 is 15.3 Å². The number of hydrogen-bond donors (Lipinski definition) is 2. The highest BCUT2D eigenvalue weighted by Gasteiger charge is 2.14. The van der Waals surface area contributed by atoms with E-state index in [2.05, 4.69) is 15.5 Å². The third-order valence-corrected chi connectivity index (χ3v) is 2.61. The van der Waals surface area contributed by atoms with Gasteiger partial charge in [-0.3, -0.25) is 15.1 Å². The fourth-order valence-corrected chi connectivity index (χ4v) is 1.69. The molecule has 0 bridgehead atoms. The van der Waals surface area contributed by atoms with Gasteiger partial charge in [-0.05, 0) is 18.2 Å². The minimum absolute atomic E-state index is 0.0822. The third kappa shape index (κ3) is 3.44. The van der Waals surface area contributed by atoms with E-state index in [0.29, 0.717) is 22.9 Å². The first-order valence-electron chi connectivity index (χ1n) is 5.91. The lowest BCUT2D eigenvalue weighted by atomic mass is 10.2. The van der Waals surface area contributed by atoms with Gasteiger partial charge in [-0.1, -0.05) is 5.16 Å². The molecule has 0 aliphatic rings. The van der Waals surface area contributed by atoms with Crippen molar-refractivity contribution in [2.24, 2.45) is 5.16 Å². The molecule has 1 heterocycles. The van der Waals surface area contributed by atoms with Gasteiger partial charge in [-0.15, -0.1) is 0 Å². The number of oxime groups is 1. The van der Waals surface area contributed by atoms with Crippen LogP contribution in [0.1, 0.15) is 5.69 Å². The summed E-state index contributed by atoms with van der Waals surface area (Å²) in [7, 11) is 1.60. The number of nitrogens with one attached hydrogen (secondary N) is 1. The molecule has 8 nitrogen and oxygen atoms in total. The zero-order valence-electron chi connectivity index (χ0n) is 11.1. The van der Waals surface area contributed by atoms with E-state index in [0.717, 1.165) is 6.21 Å². The Morgan fingerprint density at radius 2 is 2.14 bits per heavy atom. The smallest absolute Gasteiger partial charge is 0.296 e. The van der Waals surface area contributed by atoms with Gasteiger partial charge in [0.25, 0.3) is 5.69 Å². The van der Waals surface area contributed by atoms with Gasteiger partial charge >= 0.3 is 0 Å². The number of anilines is 1. The normalized spacial score (nSPS) is 10.5. The van der Waals surface area contributed by atoms with Gasteiger partial charge in [0.15, 0.2) is 0 Å². The quantitative estimate of drug-likeness (QED) is 0.379. The van der Waals surface area contributed by atoms with Crippen LogP contribution in [0.4, 0.5) is 11.4 Å². The van der Waals surface area contributed by atoms with Crippen LogP contribution < -0.4 is 10.1 Å². The second kappa shape index (κ2) is 6.33. The van der Waals surface area contributed by atoms with E-state index in [1.54, 1.807) is 25.2 Å². The van der Waals surface area contributed by atoms with E-state index in [9.17, 15) is 10.1 Å². The summed E-state index contributed by atoms with van der Waals surface area (Å²) in [6, 6.07) is 7.62. The van der Waals surface area contributed by atoms with Gasteiger partial charge in [0.2, 0.25) is 0 Å². The molecule has 0 aliphatic carbocycles. The van der Waals surface area contributed by atoms with Crippen LogP contribution >= 0.6 is 0 Å². The Labute approximate surface area is 119 Å². The predicted molar refractivity (Wildman–Crippen MR) is 76.3 cm³/mol. The maximum absolute atomic E-state index is 11.0. The fraction of sp³-hybridized carbons (Fsp3) is 0.0769. The fourth-order valence-electron chi connectivity index (χ4n) is 1.69. The zero-order chi connectivity index (χ0) is 15.2. The van der Waals surface area contributed by atoms with Crippen LogP contribution in [0.3, 0.4) is 0 Å². The molecule has 0 fully saturated rings. The summed E-state index contributed by atoms with van der Waals surface area (Å²) in [5.74, 6) is 0.741. The summed E-state index contributed by atoms with van der Waals surface area (Å²) in [5, 5.41) is 25.1. The summed E-state index contributed by atoms with van der Waals surface area (Å²) in [6.45, 7) is 0. The molecule has 0 spiro atoms. The van der Waals surface area contributed by atoms with E-state index in [1.807, 2.05) is 0 Å². The van der Waals surface area contributed by atoms with Crippen molar-refractivity contribution in [1.82, 2.24) is 4.98 Å². The molecule has 1 aromatic heterocycles. The first kappa shape index (κ1) is 14.3. The molecule has 2 N–H and O–H groups in total. The molecule has 0 aliphatic heterocycles. The molecule has 0 unspecified atom stereocenters. The summed E-state index contributed by atoms with van der Waals surface area (Å²) in [5.41, 5.74) is 0.715. The van der Waals surface area contributed by atoms with Crippen LogP contribution in [0.5, 0.6) is 11.5 Å². The average Bonchev–Trinajstić information content (AvgIpc) is 2.48. The van der Waals surface area contributed by atoms with Crippen molar-refractivity contribution in [3.8, 4) is 11.5 Å².